The van der Waals surface area contributed by atoms with Gasteiger partial charge < -0.3 is 14.2 Å². The highest BCUT2D eigenvalue weighted by molar-refractivity contribution is 5.98. The second-order valence-electron chi connectivity index (χ2n) is 9.68. The predicted octanol–water partition coefficient (Wildman–Crippen LogP) is 3.73. The Balaban J connectivity index is 1.35. The van der Waals surface area contributed by atoms with Crippen molar-refractivity contribution in [1.29, 1.82) is 0 Å². The van der Waals surface area contributed by atoms with Crippen molar-refractivity contribution in [2.45, 2.75) is 38.8 Å². The van der Waals surface area contributed by atoms with Gasteiger partial charge in [0.15, 0.2) is 5.78 Å². The molecule has 36 heavy (non-hydrogen) atoms. The lowest BCUT2D eigenvalue weighted by molar-refractivity contribution is -0.129. The number of ether oxygens (including phenoxy) is 1. The van der Waals surface area contributed by atoms with Crippen LogP contribution in [0, 0.1) is 0 Å². The lowest BCUT2D eigenvalue weighted by Gasteiger charge is -2.27. The predicted molar refractivity (Wildman–Crippen MR) is 136 cm³/mol. The Morgan fingerprint density at radius 1 is 1.14 bits per heavy atom. The van der Waals surface area contributed by atoms with Crippen molar-refractivity contribution in [3.63, 3.8) is 0 Å². The maximum atomic E-state index is 13.3. The number of para-hydroxylation sites is 2. The molecule has 4 aromatic rings. The Morgan fingerprint density at radius 2 is 2.00 bits per heavy atom. The van der Waals surface area contributed by atoms with Crippen LogP contribution in [0.15, 0.2) is 48.5 Å². The molecule has 1 fully saturated rings. The minimum absolute atomic E-state index is 0.0121. The molecule has 2 aliphatic heterocycles. The first-order valence-corrected chi connectivity index (χ1v) is 12.5. The normalized spacial score (nSPS) is 17.5. The minimum atomic E-state index is 0.0121. The maximum absolute atomic E-state index is 13.3. The van der Waals surface area contributed by atoms with Gasteiger partial charge in [-0.25, -0.2) is 4.98 Å². The number of imidazole rings is 1. The minimum Gasteiger partial charge on any atom is -0.379 e. The number of Topliss-reactive ketones (excluding diaryl/α,β-unsaturated/α-hetero) is 1. The molecule has 0 radical (unpaired) electrons. The van der Waals surface area contributed by atoms with Crippen LogP contribution in [0.2, 0.25) is 0 Å². The van der Waals surface area contributed by atoms with Crippen LogP contribution in [0.4, 0.5) is 0 Å². The Bertz CT molecular complexity index is 1480. The van der Waals surface area contributed by atoms with E-state index in [4.69, 9.17) is 9.84 Å². The van der Waals surface area contributed by atoms with Crippen molar-refractivity contribution < 1.29 is 14.3 Å². The summed E-state index contributed by atoms with van der Waals surface area (Å²) in [7, 11) is 1.95. The van der Waals surface area contributed by atoms with E-state index in [9.17, 15) is 9.59 Å². The fraction of sp³-hybridized carbons (Fsp3) is 0.357. The van der Waals surface area contributed by atoms with Crippen molar-refractivity contribution in [2.24, 2.45) is 7.05 Å². The molecule has 1 saturated heterocycles. The van der Waals surface area contributed by atoms with Crippen molar-refractivity contribution in [1.82, 2.24) is 24.2 Å². The summed E-state index contributed by atoms with van der Waals surface area (Å²) in [6, 6.07) is 15.8. The largest absolute Gasteiger partial charge is 0.379 e. The quantitative estimate of drug-likeness (QED) is 0.404. The summed E-state index contributed by atoms with van der Waals surface area (Å²) < 4.78 is 9.73. The number of carbonyl (C=O) groups is 2. The average Bonchev–Trinajstić information content (AvgIpc) is 3.62. The zero-order valence-electron chi connectivity index (χ0n) is 20.6. The van der Waals surface area contributed by atoms with E-state index in [-0.39, 0.29) is 24.2 Å². The zero-order chi connectivity index (χ0) is 24.8. The molecular weight excluding hydrogens is 454 g/mol. The fourth-order valence-electron chi connectivity index (χ4n) is 5.40. The molecule has 2 aliphatic rings. The van der Waals surface area contributed by atoms with Gasteiger partial charge in [-0.05, 0) is 24.6 Å². The van der Waals surface area contributed by atoms with Crippen LogP contribution < -0.4 is 0 Å². The van der Waals surface area contributed by atoms with Crippen molar-refractivity contribution in [3.05, 3.63) is 71.2 Å². The average molecular weight is 484 g/mol. The molecule has 0 saturated carbocycles. The highest BCUT2D eigenvalue weighted by Gasteiger charge is 2.31. The number of ketones is 1. The summed E-state index contributed by atoms with van der Waals surface area (Å²) in [5.74, 6) is 0.819. The lowest BCUT2D eigenvalue weighted by atomic mass is 9.98. The van der Waals surface area contributed by atoms with Crippen LogP contribution >= 0.6 is 0 Å². The number of nitrogens with zero attached hydrogens (tertiary/aromatic N) is 5. The number of aryl methyl sites for hydroxylation is 1. The monoisotopic (exact) mass is 483 g/mol. The molecule has 2 aromatic carbocycles. The Kier molecular flexibility index (Phi) is 5.68. The van der Waals surface area contributed by atoms with E-state index in [2.05, 4.69) is 9.67 Å². The van der Waals surface area contributed by atoms with Crippen molar-refractivity contribution in [3.8, 4) is 11.3 Å². The molecule has 0 aliphatic carbocycles. The molecule has 0 spiro atoms. The molecule has 1 atom stereocenters. The molecule has 6 rings (SSSR count). The first kappa shape index (κ1) is 22.7. The van der Waals surface area contributed by atoms with E-state index in [1.54, 1.807) is 6.92 Å². The van der Waals surface area contributed by atoms with Gasteiger partial charge in [-0.3, -0.25) is 14.3 Å². The third-order valence-electron chi connectivity index (χ3n) is 7.44. The first-order chi connectivity index (χ1) is 17.5. The highest BCUT2D eigenvalue weighted by Crippen LogP contribution is 2.34. The summed E-state index contributed by atoms with van der Waals surface area (Å²) in [5.41, 5.74) is 6.52. The van der Waals surface area contributed by atoms with Gasteiger partial charge in [0.05, 0.1) is 35.8 Å². The fourth-order valence-corrected chi connectivity index (χ4v) is 5.40. The molecule has 8 nitrogen and oxygen atoms in total. The van der Waals surface area contributed by atoms with E-state index in [0.29, 0.717) is 25.3 Å². The van der Waals surface area contributed by atoms with E-state index in [0.717, 1.165) is 53.1 Å². The van der Waals surface area contributed by atoms with Crippen LogP contribution in [0.3, 0.4) is 0 Å². The highest BCUT2D eigenvalue weighted by atomic mass is 16.5. The smallest absolute Gasteiger partial charge is 0.219 e. The summed E-state index contributed by atoms with van der Waals surface area (Å²) in [6.45, 7) is 4.23. The zero-order valence-corrected chi connectivity index (χ0v) is 20.6. The maximum Gasteiger partial charge on any atom is 0.219 e. The topological polar surface area (TPSA) is 82.3 Å². The molecule has 8 heteroatoms. The van der Waals surface area contributed by atoms with Gasteiger partial charge >= 0.3 is 0 Å². The number of hydrogen-bond acceptors (Lipinski definition) is 5. The number of amides is 1. The standard InChI is InChI=1S/C28H29N5O3/c1-18(34)32-12-10-24-22(16-32)28(30-33(24)21-11-13-36-17-21)20-7-5-6-19(14-20)26(35)15-27-29-23-8-3-4-9-25(23)31(27)2/h3-9,14,21H,10-13,15-17H2,1-2H3. The van der Waals surface area contributed by atoms with Crippen LogP contribution in [-0.2, 0) is 36.0 Å². The molecule has 0 bridgehead atoms. The Morgan fingerprint density at radius 3 is 2.78 bits per heavy atom. The summed E-state index contributed by atoms with van der Waals surface area (Å²) in [4.78, 5) is 32.0. The van der Waals surface area contributed by atoms with Gasteiger partial charge in [0.1, 0.15) is 5.82 Å². The number of aromatic nitrogens is 4. The van der Waals surface area contributed by atoms with Crippen LogP contribution in [0.25, 0.3) is 22.3 Å². The Hall–Kier alpha value is -3.78. The number of rotatable bonds is 5. The summed E-state index contributed by atoms with van der Waals surface area (Å²) in [6.07, 6.45) is 1.92. The second kappa shape index (κ2) is 9.02. The number of hydrogen-bond donors (Lipinski definition) is 0. The first-order valence-electron chi connectivity index (χ1n) is 12.5. The molecule has 184 valence electrons. The SMILES string of the molecule is CC(=O)N1CCc2c(c(-c3cccc(C(=O)Cc4nc5ccccc5n4C)c3)nn2C2CCOC2)C1. The Labute approximate surface area is 209 Å². The lowest BCUT2D eigenvalue weighted by Crippen LogP contribution is -2.35. The van der Waals surface area contributed by atoms with E-state index in [1.165, 1.54) is 5.69 Å². The van der Waals surface area contributed by atoms with Crippen LogP contribution in [0.1, 0.15) is 46.8 Å². The number of benzene rings is 2. The van der Waals surface area contributed by atoms with Gasteiger partial charge in [0, 0.05) is 62.5 Å². The van der Waals surface area contributed by atoms with E-state index >= 15 is 0 Å². The van der Waals surface area contributed by atoms with E-state index < -0.39 is 0 Å². The molecule has 0 N–H and O–H groups in total. The van der Waals surface area contributed by atoms with Crippen LogP contribution in [0.5, 0.6) is 0 Å². The second-order valence-corrected chi connectivity index (χ2v) is 9.68. The molecule has 2 aromatic heterocycles. The van der Waals surface area contributed by atoms with Gasteiger partial charge in [-0.2, -0.15) is 5.10 Å². The third kappa shape index (κ3) is 3.91. The van der Waals surface area contributed by atoms with Crippen LogP contribution in [-0.4, -0.2) is 55.7 Å². The van der Waals surface area contributed by atoms with Gasteiger partial charge in [-0.1, -0.05) is 30.3 Å². The molecule has 1 amide bonds. The van der Waals surface area contributed by atoms with E-state index in [1.807, 2.05) is 65.0 Å². The third-order valence-corrected chi connectivity index (χ3v) is 7.44. The van der Waals surface area contributed by atoms with Gasteiger partial charge in [0.25, 0.3) is 0 Å². The van der Waals surface area contributed by atoms with Crippen molar-refractivity contribution >= 4 is 22.7 Å². The summed E-state index contributed by atoms with van der Waals surface area (Å²) in [5, 5.41) is 5.04. The van der Waals surface area contributed by atoms with Crippen molar-refractivity contribution in [2.75, 3.05) is 19.8 Å². The number of carbonyl (C=O) groups excluding carboxylic acids is 2. The van der Waals surface area contributed by atoms with Gasteiger partial charge in [-0.15, -0.1) is 0 Å². The molecule has 4 heterocycles. The number of fused-ring (bicyclic) bond motifs is 2. The molecular formula is C28H29N5O3. The summed E-state index contributed by atoms with van der Waals surface area (Å²) >= 11 is 0. The van der Waals surface area contributed by atoms with Gasteiger partial charge in [0.2, 0.25) is 5.91 Å². The molecule has 1 unspecified atom stereocenters.